The Labute approximate surface area is 116 Å². The largest absolute Gasteiger partial charge is 0.495 e. The standard InChI is InChI=1S/C16H16O2S/c1-9-5-7-11-12-8-6-10(2)14(18-4)16(12)19-15(11)13(9)17-3/h5-8H,1-4H3. The van der Waals surface area contributed by atoms with Crippen molar-refractivity contribution >= 4 is 31.5 Å². The van der Waals surface area contributed by atoms with E-state index in [4.69, 9.17) is 9.47 Å². The number of ether oxygens (including phenoxy) is 2. The smallest absolute Gasteiger partial charge is 0.139 e. The Hall–Kier alpha value is -1.74. The Morgan fingerprint density at radius 3 is 1.53 bits per heavy atom. The van der Waals surface area contributed by atoms with E-state index in [0.29, 0.717) is 0 Å². The molecule has 3 heteroatoms. The monoisotopic (exact) mass is 272 g/mol. The molecule has 0 aliphatic heterocycles. The van der Waals surface area contributed by atoms with Gasteiger partial charge in [0.1, 0.15) is 11.5 Å². The number of rotatable bonds is 2. The normalized spacial score (nSPS) is 11.2. The van der Waals surface area contributed by atoms with Crippen LogP contribution in [0.3, 0.4) is 0 Å². The average molecular weight is 272 g/mol. The molecule has 0 aliphatic rings. The predicted molar refractivity (Wildman–Crippen MR) is 81.9 cm³/mol. The number of hydrogen-bond acceptors (Lipinski definition) is 3. The van der Waals surface area contributed by atoms with Gasteiger partial charge in [-0.3, -0.25) is 0 Å². The SMILES string of the molecule is COc1c(C)ccc2c1sc1c(OC)c(C)ccc12. The summed E-state index contributed by atoms with van der Waals surface area (Å²) in [6.07, 6.45) is 0. The Kier molecular flexibility index (Phi) is 2.86. The lowest BCUT2D eigenvalue weighted by molar-refractivity contribution is 0.417. The first-order chi connectivity index (χ1) is 9.17. The maximum atomic E-state index is 5.56. The summed E-state index contributed by atoms with van der Waals surface area (Å²) in [7, 11) is 3.46. The van der Waals surface area contributed by atoms with Crippen LogP contribution < -0.4 is 9.47 Å². The summed E-state index contributed by atoms with van der Waals surface area (Å²) < 4.78 is 13.5. The maximum absolute atomic E-state index is 5.56. The van der Waals surface area contributed by atoms with Gasteiger partial charge < -0.3 is 9.47 Å². The molecular weight excluding hydrogens is 256 g/mol. The molecule has 0 atom stereocenters. The molecule has 0 fully saturated rings. The molecule has 1 heterocycles. The average Bonchev–Trinajstić information content (AvgIpc) is 2.77. The number of benzene rings is 2. The molecule has 3 aromatic rings. The van der Waals surface area contributed by atoms with Crippen LogP contribution in [0.25, 0.3) is 20.2 Å². The molecule has 0 N–H and O–H groups in total. The summed E-state index contributed by atoms with van der Waals surface area (Å²) in [4.78, 5) is 0. The lowest BCUT2D eigenvalue weighted by Gasteiger charge is -2.05. The Morgan fingerprint density at radius 1 is 0.737 bits per heavy atom. The number of methoxy groups -OCH3 is 2. The molecule has 3 rings (SSSR count). The minimum Gasteiger partial charge on any atom is -0.495 e. The fourth-order valence-electron chi connectivity index (χ4n) is 2.56. The van der Waals surface area contributed by atoms with Gasteiger partial charge in [-0.25, -0.2) is 0 Å². The van der Waals surface area contributed by atoms with Gasteiger partial charge in [0.2, 0.25) is 0 Å². The van der Waals surface area contributed by atoms with Crippen molar-refractivity contribution in [3.8, 4) is 11.5 Å². The van der Waals surface area contributed by atoms with Crippen LogP contribution in [0.15, 0.2) is 24.3 Å². The minimum absolute atomic E-state index is 0.971. The molecule has 1 aromatic heterocycles. The quantitative estimate of drug-likeness (QED) is 0.674. The molecule has 0 radical (unpaired) electrons. The molecule has 0 aliphatic carbocycles. The van der Waals surface area contributed by atoms with E-state index in [-0.39, 0.29) is 0 Å². The lowest BCUT2D eigenvalue weighted by atomic mass is 10.1. The predicted octanol–water partition coefficient (Wildman–Crippen LogP) is 4.69. The molecule has 0 unspecified atom stereocenters. The number of aryl methyl sites for hydroxylation is 2. The van der Waals surface area contributed by atoms with Crippen molar-refractivity contribution in [3.63, 3.8) is 0 Å². The highest BCUT2D eigenvalue weighted by Crippen LogP contribution is 2.45. The molecule has 0 amide bonds. The zero-order valence-corrected chi connectivity index (χ0v) is 12.4. The highest BCUT2D eigenvalue weighted by atomic mass is 32.1. The third-order valence-corrected chi connectivity index (χ3v) is 4.74. The highest BCUT2D eigenvalue weighted by Gasteiger charge is 2.15. The molecule has 0 saturated heterocycles. The first-order valence-electron chi connectivity index (χ1n) is 6.20. The van der Waals surface area contributed by atoms with E-state index < -0.39 is 0 Å². The zero-order valence-electron chi connectivity index (χ0n) is 11.5. The molecule has 2 nitrogen and oxygen atoms in total. The third-order valence-electron chi connectivity index (χ3n) is 3.52. The van der Waals surface area contributed by atoms with Crippen molar-refractivity contribution in [3.05, 3.63) is 35.4 Å². The fraction of sp³-hybridized carbons (Fsp3) is 0.250. The van der Waals surface area contributed by atoms with Crippen molar-refractivity contribution < 1.29 is 9.47 Å². The Bertz CT molecular complexity index is 707. The molecule has 98 valence electrons. The molecule has 0 saturated carbocycles. The summed E-state index contributed by atoms with van der Waals surface area (Å²) in [6.45, 7) is 4.15. The van der Waals surface area contributed by atoms with Crippen LogP contribution in [0.5, 0.6) is 11.5 Å². The third kappa shape index (κ3) is 1.69. The summed E-state index contributed by atoms with van der Waals surface area (Å²) in [6, 6.07) is 8.56. The van der Waals surface area contributed by atoms with Crippen molar-refractivity contribution in [2.24, 2.45) is 0 Å². The fourth-order valence-corrected chi connectivity index (χ4v) is 4.01. The molecule has 0 spiro atoms. The molecule has 2 aromatic carbocycles. The van der Waals surface area contributed by atoms with Crippen LogP contribution in [0, 0.1) is 13.8 Å². The summed E-state index contributed by atoms with van der Waals surface area (Å²) >= 11 is 1.74. The van der Waals surface area contributed by atoms with E-state index in [9.17, 15) is 0 Å². The van der Waals surface area contributed by atoms with E-state index in [1.807, 2.05) is 0 Å². The van der Waals surface area contributed by atoms with Crippen LogP contribution in [-0.2, 0) is 0 Å². The van der Waals surface area contributed by atoms with E-state index in [1.165, 1.54) is 20.2 Å². The van der Waals surface area contributed by atoms with Crippen molar-refractivity contribution in [2.45, 2.75) is 13.8 Å². The lowest BCUT2D eigenvalue weighted by Crippen LogP contribution is -1.86. The van der Waals surface area contributed by atoms with Gasteiger partial charge in [-0.15, -0.1) is 11.3 Å². The van der Waals surface area contributed by atoms with Gasteiger partial charge in [-0.1, -0.05) is 24.3 Å². The van der Waals surface area contributed by atoms with Crippen LogP contribution in [-0.4, -0.2) is 14.2 Å². The molecule has 0 bridgehead atoms. The van der Waals surface area contributed by atoms with E-state index in [0.717, 1.165) is 22.6 Å². The zero-order chi connectivity index (χ0) is 13.6. The van der Waals surface area contributed by atoms with E-state index in [1.54, 1.807) is 25.6 Å². The van der Waals surface area contributed by atoms with Gasteiger partial charge in [-0.05, 0) is 25.0 Å². The van der Waals surface area contributed by atoms with Crippen LogP contribution in [0.4, 0.5) is 0 Å². The second-order valence-electron chi connectivity index (χ2n) is 4.69. The second-order valence-corrected chi connectivity index (χ2v) is 5.71. The summed E-state index contributed by atoms with van der Waals surface area (Å²) in [5.74, 6) is 1.94. The maximum Gasteiger partial charge on any atom is 0.139 e. The van der Waals surface area contributed by atoms with Crippen molar-refractivity contribution in [1.29, 1.82) is 0 Å². The van der Waals surface area contributed by atoms with Gasteiger partial charge in [0.15, 0.2) is 0 Å². The van der Waals surface area contributed by atoms with Gasteiger partial charge >= 0.3 is 0 Å². The number of thiophene rings is 1. The van der Waals surface area contributed by atoms with Crippen molar-refractivity contribution in [2.75, 3.05) is 14.2 Å². The Balaban J connectivity index is 2.51. The molecular formula is C16H16O2S. The number of fused-ring (bicyclic) bond motifs is 3. The van der Waals surface area contributed by atoms with Crippen LogP contribution in [0.2, 0.25) is 0 Å². The first-order valence-corrected chi connectivity index (χ1v) is 7.02. The van der Waals surface area contributed by atoms with E-state index in [2.05, 4.69) is 38.1 Å². The second kappa shape index (κ2) is 4.42. The van der Waals surface area contributed by atoms with Gasteiger partial charge in [0.05, 0.1) is 23.6 Å². The van der Waals surface area contributed by atoms with Gasteiger partial charge in [0.25, 0.3) is 0 Å². The van der Waals surface area contributed by atoms with Crippen LogP contribution in [0.1, 0.15) is 11.1 Å². The van der Waals surface area contributed by atoms with E-state index >= 15 is 0 Å². The number of hydrogen-bond donors (Lipinski definition) is 0. The van der Waals surface area contributed by atoms with Crippen molar-refractivity contribution in [1.82, 2.24) is 0 Å². The summed E-state index contributed by atoms with van der Waals surface area (Å²) in [5.41, 5.74) is 2.33. The summed E-state index contributed by atoms with van der Waals surface area (Å²) in [5, 5.41) is 2.47. The molecule has 19 heavy (non-hydrogen) atoms. The van der Waals surface area contributed by atoms with Crippen LogP contribution >= 0.6 is 11.3 Å². The first kappa shape index (κ1) is 12.3. The van der Waals surface area contributed by atoms with Gasteiger partial charge in [-0.2, -0.15) is 0 Å². The van der Waals surface area contributed by atoms with Gasteiger partial charge in [0, 0.05) is 10.8 Å². The minimum atomic E-state index is 0.971. The topological polar surface area (TPSA) is 18.5 Å². The highest BCUT2D eigenvalue weighted by molar-refractivity contribution is 7.26. The Morgan fingerprint density at radius 2 is 1.16 bits per heavy atom.